The van der Waals surface area contributed by atoms with Crippen molar-refractivity contribution >= 4 is 28.9 Å². The van der Waals surface area contributed by atoms with Crippen molar-refractivity contribution in [3.05, 3.63) is 36.0 Å². The van der Waals surface area contributed by atoms with Gasteiger partial charge in [-0.2, -0.15) is 4.98 Å². The number of aromatic nitrogens is 2. The molecule has 7 nitrogen and oxygen atoms in total. The van der Waals surface area contributed by atoms with Crippen molar-refractivity contribution in [3.63, 3.8) is 0 Å². The van der Waals surface area contributed by atoms with E-state index in [1.54, 1.807) is 6.92 Å². The number of nitrogens with zero attached hydrogens (tertiary/aromatic N) is 4. The van der Waals surface area contributed by atoms with E-state index in [-0.39, 0.29) is 11.7 Å². The summed E-state index contributed by atoms with van der Waals surface area (Å²) in [5, 5.41) is 6.74. The van der Waals surface area contributed by atoms with Crippen LogP contribution in [0.15, 0.2) is 30.5 Å². The number of hydrogen-bond donors (Lipinski definition) is 2. The molecule has 5 rings (SSSR count). The molecule has 1 unspecified atom stereocenters. The zero-order valence-corrected chi connectivity index (χ0v) is 17.6. The molecule has 2 aliphatic heterocycles. The molecule has 1 saturated heterocycles. The van der Waals surface area contributed by atoms with Gasteiger partial charge in [0.05, 0.1) is 5.92 Å². The first-order chi connectivity index (χ1) is 14.7. The lowest BCUT2D eigenvalue weighted by molar-refractivity contribution is -0.118. The molecule has 0 bridgehead atoms. The van der Waals surface area contributed by atoms with Crippen LogP contribution in [0.2, 0.25) is 0 Å². The van der Waals surface area contributed by atoms with Gasteiger partial charge in [-0.1, -0.05) is 12.8 Å². The molecule has 0 spiro atoms. The van der Waals surface area contributed by atoms with Crippen LogP contribution < -0.4 is 20.4 Å². The Kier molecular flexibility index (Phi) is 5.29. The second-order valence-corrected chi connectivity index (χ2v) is 8.64. The smallest absolute Gasteiger partial charge is 0.229 e. The van der Waals surface area contributed by atoms with E-state index < -0.39 is 0 Å². The maximum Gasteiger partial charge on any atom is 0.229 e. The van der Waals surface area contributed by atoms with Gasteiger partial charge < -0.3 is 20.4 Å². The SMILES string of the molecule is CC(=O)C1CN(C2CCCC2)c2nc(Nc3ccc(N4CCNCC4)cc3)ncc21. The first-order valence-corrected chi connectivity index (χ1v) is 11.2. The number of hydrogen-bond acceptors (Lipinski definition) is 7. The van der Waals surface area contributed by atoms with E-state index in [2.05, 4.69) is 49.7 Å². The van der Waals surface area contributed by atoms with Gasteiger partial charge in [0.2, 0.25) is 5.95 Å². The van der Waals surface area contributed by atoms with Crippen LogP contribution in [-0.2, 0) is 4.79 Å². The van der Waals surface area contributed by atoms with Gasteiger partial charge in [0.15, 0.2) is 0 Å². The normalized spacial score (nSPS) is 21.7. The minimum absolute atomic E-state index is 0.104. The second-order valence-electron chi connectivity index (χ2n) is 8.64. The fraction of sp³-hybridized carbons (Fsp3) is 0.522. The third-order valence-corrected chi connectivity index (χ3v) is 6.68. The first kappa shape index (κ1) is 19.3. The Bertz CT molecular complexity index is 902. The Morgan fingerprint density at radius 3 is 2.57 bits per heavy atom. The molecule has 2 N–H and O–H groups in total. The van der Waals surface area contributed by atoms with Gasteiger partial charge in [-0.15, -0.1) is 0 Å². The summed E-state index contributed by atoms with van der Waals surface area (Å²) in [7, 11) is 0. The van der Waals surface area contributed by atoms with E-state index in [4.69, 9.17) is 4.98 Å². The molecule has 2 fully saturated rings. The highest BCUT2D eigenvalue weighted by atomic mass is 16.1. The Morgan fingerprint density at radius 2 is 1.87 bits per heavy atom. The number of benzene rings is 1. The Morgan fingerprint density at radius 1 is 1.13 bits per heavy atom. The van der Waals surface area contributed by atoms with Crippen LogP contribution in [0, 0.1) is 0 Å². The van der Waals surface area contributed by atoms with E-state index in [0.29, 0.717) is 12.0 Å². The van der Waals surface area contributed by atoms with Crippen LogP contribution in [0.5, 0.6) is 0 Å². The number of rotatable bonds is 5. The topological polar surface area (TPSA) is 73.4 Å². The number of Topliss-reactive ketones (excluding diaryl/α,β-unsaturated/α-hetero) is 1. The standard InChI is InChI=1S/C23H30N6O/c1-16(30)21-15-29(19-4-2-3-5-19)22-20(21)14-25-23(27-22)26-17-6-8-18(9-7-17)28-12-10-24-11-13-28/h6-9,14,19,21,24H,2-5,10-13,15H2,1H3,(H,25,26,27). The summed E-state index contributed by atoms with van der Waals surface area (Å²) in [5.41, 5.74) is 3.20. The van der Waals surface area contributed by atoms with E-state index in [1.165, 1.54) is 31.4 Å². The first-order valence-electron chi connectivity index (χ1n) is 11.2. The van der Waals surface area contributed by atoms with Crippen molar-refractivity contribution in [2.24, 2.45) is 0 Å². The Hall–Kier alpha value is -2.67. The van der Waals surface area contributed by atoms with Gasteiger partial charge >= 0.3 is 0 Å². The number of carbonyl (C=O) groups excluding carboxylic acids is 1. The number of carbonyl (C=O) groups is 1. The average molecular weight is 407 g/mol. The number of fused-ring (bicyclic) bond motifs is 1. The predicted octanol–water partition coefficient (Wildman–Crippen LogP) is 3.07. The maximum absolute atomic E-state index is 12.2. The summed E-state index contributed by atoms with van der Waals surface area (Å²) in [4.78, 5) is 26.3. The summed E-state index contributed by atoms with van der Waals surface area (Å²) < 4.78 is 0. The highest BCUT2D eigenvalue weighted by Gasteiger charge is 2.37. The van der Waals surface area contributed by atoms with Gasteiger partial charge in [-0.05, 0) is 44.0 Å². The summed E-state index contributed by atoms with van der Waals surface area (Å²) in [6.45, 7) is 6.55. The molecule has 30 heavy (non-hydrogen) atoms. The van der Waals surface area contributed by atoms with Crippen LogP contribution in [0.4, 0.5) is 23.1 Å². The van der Waals surface area contributed by atoms with E-state index >= 15 is 0 Å². The highest BCUT2D eigenvalue weighted by molar-refractivity contribution is 5.87. The molecule has 1 aromatic carbocycles. The zero-order valence-electron chi connectivity index (χ0n) is 17.6. The monoisotopic (exact) mass is 406 g/mol. The molecule has 2 aromatic rings. The third-order valence-electron chi connectivity index (χ3n) is 6.68. The molecular weight excluding hydrogens is 376 g/mol. The second kappa shape index (κ2) is 8.22. The molecule has 158 valence electrons. The van der Waals surface area contributed by atoms with Gasteiger partial charge in [0, 0.05) is 61.9 Å². The lowest BCUT2D eigenvalue weighted by Gasteiger charge is -2.29. The number of nitrogens with one attached hydrogen (secondary N) is 2. The van der Waals surface area contributed by atoms with Gasteiger partial charge in [0.25, 0.3) is 0 Å². The summed E-state index contributed by atoms with van der Waals surface area (Å²) >= 11 is 0. The predicted molar refractivity (Wildman–Crippen MR) is 120 cm³/mol. The third kappa shape index (κ3) is 3.74. The summed E-state index contributed by atoms with van der Waals surface area (Å²) in [6, 6.07) is 8.96. The molecule has 7 heteroatoms. The van der Waals surface area contributed by atoms with Crippen molar-refractivity contribution < 1.29 is 4.79 Å². The van der Waals surface area contributed by atoms with Crippen molar-refractivity contribution in [2.45, 2.75) is 44.6 Å². The Labute approximate surface area is 177 Å². The molecule has 1 saturated carbocycles. The molecular formula is C23H30N6O. The van der Waals surface area contributed by atoms with Crippen LogP contribution in [0.25, 0.3) is 0 Å². The molecule has 1 aliphatic carbocycles. The number of ketones is 1. The van der Waals surface area contributed by atoms with E-state index in [9.17, 15) is 4.79 Å². The fourth-order valence-corrected chi connectivity index (χ4v) is 4.99. The van der Waals surface area contributed by atoms with Crippen molar-refractivity contribution in [3.8, 4) is 0 Å². The quantitative estimate of drug-likeness (QED) is 0.790. The minimum Gasteiger partial charge on any atom is -0.369 e. The number of piperazine rings is 1. The Balaban J connectivity index is 1.35. The van der Waals surface area contributed by atoms with Crippen molar-refractivity contribution in [1.82, 2.24) is 15.3 Å². The lowest BCUT2D eigenvalue weighted by Crippen LogP contribution is -2.43. The average Bonchev–Trinajstić information content (AvgIpc) is 3.42. The van der Waals surface area contributed by atoms with E-state index in [1.807, 2.05) is 6.20 Å². The maximum atomic E-state index is 12.2. The van der Waals surface area contributed by atoms with Crippen LogP contribution >= 0.6 is 0 Å². The van der Waals surface area contributed by atoms with Crippen LogP contribution in [-0.4, -0.2) is 54.5 Å². The largest absolute Gasteiger partial charge is 0.369 e. The van der Waals surface area contributed by atoms with E-state index in [0.717, 1.165) is 49.8 Å². The fourth-order valence-electron chi connectivity index (χ4n) is 4.99. The summed E-state index contributed by atoms with van der Waals surface area (Å²) in [5.74, 6) is 1.63. The minimum atomic E-state index is -0.104. The molecule has 1 atom stereocenters. The molecule has 0 amide bonds. The van der Waals surface area contributed by atoms with Crippen molar-refractivity contribution in [1.29, 1.82) is 0 Å². The zero-order chi connectivity index (χ0) is 20.5. The van der Waals surface area contributed by atoms with Crippen molar-refractivity contribution in [2.75, 3.05) is 47.8 Å². The molecule has 1 aromatic heterocycles. The van der Waals surface area contributed by atoms with Gasteiger partial charge in [-0.3, -0.25) is 4.79 Å². The number of anilines is 4. The van der Waals surface area contributed by atoms with Gasteiger partial charge in [0.1, 0.15) is 11.6 Å². The highest BCUT2D eigenvalue weighted by Crippen LogP contribution is 2.40. The van der Waals surface area contributed by atoms with Gasteiger partial charge in [-0.25, -0.2) is 4.98 Å². The summed E-state index contributed by atoms with van der Waals surface area (Å²) in [6.07, 6.45) is 6.74. The molecule has 3 heterocycles. The van der Waals surface area contributed by atoms with Crippen LogP contribution in [0.3, 0.4) is 0 Å². The molecule has 0 radical (unpaired) electrons. The molecule has 3 aliphatic rings. The van der Waals surface area contributed by atoms with Crippen LogP contribution in [0.1, 0.15) is 44.1 Å². The lowest BCUT2D eigenvalue weighted by atomic mass is 10.0.